The topological polar surface area (TPSA) is 49.4 Å². The zero-order chi connectivity index (χ0) is 18.9. The summed E-state index contributed by atoms with van der Waals surface area (Å²) in [7, 11) is 0. The average Bonchev–Trinajstić information content (AvgIpc) is 2.64. The highest BCUT2D eigenvalue weighted by Crippen LogP contribution is 2.15. The lowest BCUT2D eigenvalue weighted by Crippen LogP contribution is -2.49. The molecule has 0 saturated carbocycles. The number of nitrogens with one attached hydrogen (secondary N) is 1. The Balaban J connectivity index is 2.24. The van der Waals surface area contributed by atoms with Crippen molar-refractivity contribution in [1.82, 2.24) is 10.2 Å². The van der Waals surface area contributed by atoms with Gasteiger partial charge in [-0.05, 0) is 36.6 Å². The lowest BCUT2D eigenvalue weighted by atomic mass is 10.1. The van der Waals surface area contributed by atoms with Gasteiger partial charge in [0.25, 0.3) is 0 Å². The third kappa shape index (κ3) is 5.41. The van der Waals surface area contributed by atoms with Gasteiger partial charge in [0.15, 0.2) is 0 Å². The molecule has 26 heavy (non-hydrogen) atoms. The first-order valence-corrected chi connectivity index (χ1v) is 8.90. The molecule has 2 rings (SSSR count). The third-order valence-corrected chi connectivity index (χ3v) is 4.20. The van der Waals surface area contributed by atoms with Gasteiger partial charge >= 0.3 is 0 Å². The molecule has 0 fully saturated rings. The number of rotatable bonds is 8. The molecule has 0 spiro atoms. The first-order chi connectivity index (χ1) is 12.5. The molecule has 0 aliphatic heterocycles. The van der Waals surface area contributed by atoms with Crippen LogP contribution in [0.1, 0.15) is 31.4 Å². The molecule has 0 bridgehead atoms. The largest absolute Gasteiger partial charge is 0.355 e. The molecule has 0 saturated heterocycles. The zero-order valence-corrected chi connectivity index (χ0v) is 15.2. The van der Waals surface area contributed by atoms with Gasteiger partial charge < -0.3 is 10.2 Å². The van der Waals surface area contributed by atoms with Crippen LogP contribution < -0.4 is 5.32 Å². The van der Waals surface area contributed by atoms with Crippen LogP contribution in [-0.2, 0) is 22.6 Å². The van der Waals surface area contributed by atoms with Gasteiger partial charge in [-0.3, -0.25) is 9.59 Å². The molecule has 138 valence electrons. The standard InChI is InChI=1S/C21H25FN2O2/c1-3-19(21(26)23-4-2)24(15-17-8-6-5-7-9-17)20(25)14-16-10-12-18(22)13-11-16/h5-13,19H,3-4,14-15H2,1-2H3,(H,23,26)/t19-/m0/s1. The lowest BCUT2D eigenvalue weighted by Gasteiger charge is -2.30. The Hall–Kier alpha value is -2.69. The summed E-state index contributed by atoms with van der Waals surface area (Å²) < 4.78 is 13.1. The smallest absolute Gasteiger partial charge is 0.242 e. The van der Waals surface area contributed by atoms with E-state index in [2.05, 4.69) is 5.32 Å². The second-order valence-electron chi connectivity index (χ2n) is 6.13. The molecule has 1 N–H and O–H groups in total. The molecule has 0 radical (unpaired) electrons. The van der Waals surface area contributed by atoms with E-state index in [0.717, 1.165) is 11.1 Å². The normalized spacial score (nSPS) is 11.7. The molecule has 0 heterocycles. The van der Waals surface area contributed by atoms with Crippen LogP contribution in [0.4, 0.5) is 4.39 Å². The number of nitrogens with zero attached hydrogens (tertiary/aromatic N) is 1. The highest BCUT2D eigenvalue weighted by Gasteiger charge is 2.28. The first kappa shape index (κ1) is 19.6. The molecule has 0 aliphatic carbocycles. The molecule has 2 amide bonds. The van der Waals surface area contributed by atoms with Gasteiger partial charge in [0.1, 0.15) is 11.9 Å². The number of hydrogen-bond acceptors (Lipinski definition) is 2. The summed E-state index contributed by atoms with van der Waals surface area (Å²) in [4.78, 5) is 27.0. The van der Waals surface area contributed by atoms with Crippen molar-refractivity contribution in [3.63, 3.8) is 0 Å². The van der Waals surface area contributed by atoms with Crippen molar-refractivity contribution in [1.29, 1.82) is 0 Å². The van der Waals surface area contributed by atoms with Crippen LogP contribution in [0.2, 0.25) is 0 Å². The monoisotopic (exact) mass is 356 g/mol. The van der Waals surface area contributed by atoms with Gasteiger partial charge in [-0.15, -0.1) is 0 Å². The van der Waals surface area contributed by atoms with Crippen molar-refractivity contribution < 1.29 is 14.0 Å². The van der Waals surface area contributed by atoms with Crippen LogP contribution in [-0.4, -0.2) is 29.3 Å². The summed E-state index contributed by atoms with van der Waals surface area (Å²) in [5.74, 6) is -0.645. The summed E-state index contributed by atoms with van der Waals surface area (Å²) in [5.41, 5.74) is 1.68. The maximum absolute atomic E-state index is 13.1. The van der Waals surface area contributed by atoms with Crippen LogP contribution in [0.5, 0.6) is 0 Å². The van der Waals surface area contributed by atoms with Gasteiger partial charge in [0.2, 0.25) is 11.8 Å². The van der Waals surface area contributed by atoms with E-state index in [0.29, 0.717) is 19.5 Å². The van der Waals surface area contributed by atoms with Crippen LogP contribution >= 0.6 is 0 Å². The first-order valence-electron chi connectivity index (χ1n) is 8.90. The maximum Gasteiger partial charge on any atom is 0.242 e. The van der Waals surface area contributed by atoms with Crippen LogP contribution in [0.15, 0.2) is 54.6 Å². The van der Waals surface area contributed by atoms with Crippen molar-refractivity contribution in [2.24, 2.45) is 0 Å². The van der Waals surface area contributed by atoms with Gasteiger partial charge in [0.05, 0.1) is 6.42 Å². The molecule has 5 heteroatoms. The number of halogens is 1. The number of amides is 2. The lowest BCUT2D eigenvalue weighted by molar-refractivity contribution is -0.140. The number of hydrogen-bond donors (Lipinski definition) is 1. The molecule has 0 aromatic heterocycles. The van der Waals surface area contributed by atoms with E-state index in [9.17, 15) is 14.0 Å². The zero-order valence-electron chi connectivity index (χ0n) is 15.2. The molecule has 1 atom stereocenters. The molecule has 4 nitrogen and oxygen atoms in total. The summed E-state index contributed by atoms with van der Waals surface area (Å²) >= 11 is 0. The minimum Gasteiger partial charge on any atom is -0.355 e. The van der Waals surface area contributed by atoms with E-state index >= 15 is 0 Å². The Morgan fingerprint density at radius 3 is 2.23 bits per heavy atom. The SMILES string of the molecule is CCNC(=O)[C@H](CC)N(Cc1ccccc1)C(=O)Cc1ccc(F)cc1. The number of carbonyl (C=O) groups excluding carboxylic acids is 2. The average molecular weight is 356 g/mol. The Labute approximate surface area is 154 Å². The highest BCUT2D eigenvalue weighted by molar-refractivity contribution is 5.88. The van der Waals surface area contributed by atoms with Gasteiger partial charge in [0, 0.05) is 13.1 Å². The van der Waals surface area contributed by atoms with E-state index in [4.69, 9.17) is 0 Å². The molecule has 2 aromatic rings. The Bertz CT molecular complexity index is 717. The second-order valence-corrected chi connectivity index (χ2v) is 6.13. The summed E-state index contributed by atoms with van der Waals surface area (Å²) in [6, 6.07) is 14.9. The molecular weight excluding hydrogens is 331 g/mol. The second kappa shape index (κ2) is 9.70. The van der Waals surface area contributed by atoms with Crippen LogP contribution in [0.25, 0.3) is 0 Å². The minimum atomic E-state index is -0.539. The van der Waals surface area contributed by atoms with Gasteiger partial charge in [-0.2, -0.15) is 0 Å². The van der Waals surface area contributed by atoms with E-state index < -0.39 is 6.04 Å². The van der Waals surface area contributed by atoms with E-state index in [1.165, 1.54) is 12.1 Å². The predicted molar refractivity (Wildman–Crippen MR) is 99.9 cm³/mol. The predicted octanol–water partition coefficient (Wildman–Crippen LogP) is 3.31. The summed E-state index contributed by atoms with van der Waals surface area (Å²) in [5, 5.41) is 2.81. The summed E-state index contributed by atoms with van der Waals surface area (Å²) in [6.07, 6.45) is 0.650. The highest BCUT2D eigenvalue weighted by atomic mass is 19.1. The van der Waals surface area contributed by atoms with Crippen molar-refractivity contribution in [3.05, 3.63) is 71.5 Å². The van der Waals surface area contributed by atoms with Crippen LogP contribution in [0.3, 0.4) is 0 Å². The summed E-state index contributed by atoms with van der Waals surface area (Å²) in [6.45, 7) is 4.62. The van der Waals surface area contributed by atoms with Crippen molar-refractivity contribution in [2.45, 2.75) is 39.3 Å². The number of benzene rings is 2. The van der Waals surface area contributed by atoms with Gasteiger partial charge in [-0.25, -0.2) is 4.39 Å². The van der Waals surface area contributed by atoms with Gasteiger partial charge in [-0.1, -0.05) is 49.4 Å². The van der Waals surface area contributed by atoms with Crippen molar-refractivity contribution in [2.75, 3.05) is 6.54 Å². The molecule has 0 aliphatic rings. The molecule has 2 aromatic carbocycles. The van der Waals surface area contributed by atoms with Crippen molar-refractivity contribution in [3.8, 4) is 0 Å². The van der Waals surface area contributed by atoms with E-state index in [1.54, 1.807) is 17.0 Å². The Morgan fingerprint density at radius 2 is 1.65 bits per heavy atom. The molecular formula is C21H25FN2O2. The molecule has 0 unspecified atom stereocenters. The van der Waals surface area contributed by atoms with E-state index in [-0.39, 0.29) is 24.1 Å². The number of likely N-dealkylation sites (N-methyl/N-ethyl adjacent to an activating group) is 1. The fraction of sp³-hybridized carbons (Fsp3) is 0.333. The third-order valence-electron chi connectivity index (χ3n) is 4.20. The Morgan fingerprint density at radius 1 is 1.00 bits per heavy atom. The maximum atomic E-state index is 13.1. The van der Waals surface area contributed by atoms with Crippen LogP contribution in [0, 0.1) is 5.82 Å². The fourth-order valence-corrected chi connectivity index (χ4v) is 2.87. The van der Waals surface area contributed by atoms with Crippen molar-refractivity contribution >= 4 is 11.8 Å². The Kier molecular flexibility index (Phi) is 7.33. The quantitative estimate of drug-likeness (QED) is 0.789. The van der Waals surface area contributed by atoms with E-state index in [1.807, 2.05) is 44.2 Å². The minimum absolute atomic E-state index is 0.128. The fourth-order valence-electron chi connectivity index (χ4n) is 2.87. The number of carbonyl (C=O) groups is 2.